The normalized spacial score (nSPS) is 16.5. The number of allylic oxidation sites excluding steroid dienone is 5. The first-order valence-electron chi connectivity index (χ1n) is 9.59. The lowest BCUT2D eigenvalue weighted by Gasteiger charge is -2.23. The van der Waals surface area contributed by atoms with Gasteiger partial charge in [-0.3, -0.25) is 0 Å². The van der Waals surface area contributed by atoms with Crippen molar-refractivity contribution < 1.29 is 8.78 Å². The molecule has 0 aromatic rings. The third-order valence-electron chi connectivity index (χ3n) is 5.10. The van der Waals surface area contributed by atoms with Gasteiger partial charge in [-0.25, -0.2) is 8.78 Å². The summed E-state index contributed by atoms with van der Waals surface area (Å²) in [7, 11) is 0. The third kappa shape index (κ3) is 11.9. The van der Waals surface area contributed by atoms with Crippen LogP contribution in [0.25, 0.3) is 0 Å². The van der Waals surface area contributed by atoms with Gasteiger partial charge in [-0.05, 0) is 55.1 Å². The Hall–Kier alpha value is -1.18. The van der Waals surface area contributed by atoms with Gasteiger partial charge in [-0.1, -0.05) is 73.1 Å². The molecule has 146 valence electrons. The summed E-state index contributed by atoms with van der Waals surface area (Å²) in [6.45, 7) is 23.2. The molecule has 2 heteroatoms. The molecule has 0 saturated carbocycles. The molecule has 0 aromatic heterocycles. The predicted molar refractivity (Wildman–Crippen MR) is 110 cm³/mol. The Balaban J connectivity index is 0. The molecule has 25 heavy (non-hydrogen) atoms. The summed E-state index contributed by atoms with van der Waals surface area (Å²) in [4.78, 5) is 0. The molecular weight excluding hydrogens is 314 g/mol. The van der Waals surface area contributed by atoms with Crippen LogP contribution in [0.5, 0.6) is 0 Å². The van der Waals surface area contributed by atoms with E-state index in [1.54, 1.807) is 6.08 Å². The fourth-order valence-electron chi connectivity index (χ4n) is 2.47. The number of hydrogen-bond donors (Lipinski definition) is 0. The molecule has 0 aliphatic carbocycles. The highest BCUT2D eigenvalue weighted by molar-refractivity contribution is 5.30. The fourth-order valence-corrected chi connectivity index (χ4v) is 2.47. The van der Waals surface area contributed by atoms with E-state index in [1.165, 1.54) is 19.3 Å². The van der Waals surface area contributed by atoms with E-state index in [4.69, 9.17) is 0 Å². The Morgan fingerprint density at radius 2 is 1.36 bits per heavy atom. The van der Waals surface area contributed by atoms with Crippen LogP contribution in [0.2, 0.25) is 0 Å². The van der Waals surface area contributed by atoms with E-state index in [0.717, 1.165) is 24.8 Å². The lowest BCUT2D eigenvalue weighted by molar-refractivity contribution is 0.300. The van der Waals surface area contributed by atoms with E-state index < -0.39 is 11.7 Å². The molecule has 0 radical (unpaired) electrons. The molecule has 4 atom stereocenters. The Morgan fingerprint density at radius 1 is 0.920 bits per heavy atom. The monoisotopic (exact) mass is 354 g/mol. The maximum atomic E-state index is 13.7. The van der Waals surface area contributed by atoms with E-state index >= 15 is 0 Å². The van der Waals surface area contributed by atoms with E-state index in [0.29, 0.717) is 11.8 Å². The Labute approximate surface area is 155 Å². The van der Waals surface area contributed by atoms with Crippen LogP contribution in [-0.4, -0.2) is 0 Å². The van der Waals surface area contributed by atoms with Gasteiger partial charge in [-0.2, -0.15) is 0 Å². The molecule has 0 heterocycles. The van der Waals surface area contributed by atoms with E-state index in [1.807, 2.05) is 13.8 Å². The molecule has 0 aromatic carbocycles. The largest absolute Gasteiger partial charge is 0.204 e. The van der Waals surface area contributed by atoms with Crippen LogP contribution in [0.3, 0.4) is 0 Å². The van der Waals surface area contributed by atoms with Gasteiger partial charge in [0.05, 0.1) is 0 Å². The molecule has 0 bridgehead atoms. The second kappa shape index (κ2) is 15.1. The Kier molecular flexibility index (Phi) is 15.7. The highest BCUT2D eigenvalue weighted by Gasteiger charge is 2.18. The van der Waals surface area contributed by atoms with Gasteiger partial charge < -0.3 is 0 Å². The van der Waals surface area contributed by atoms with Crippen LogP contribution in [-0.2, 0) is 0 Å². The van der Waals surface area contributed by atoms with Crippen molar-refractivity contribution in [1.82, 2.24) is 0 Å². The van der Waals surface area contributed by atoms with Crippen molar-refractivity contribution in [2.24, 2.45) is 23.7 Å². The standard InChI is InChI=1S/C20H34F2.C3H6/c1-8-14(3)10-11-15(4)16(5)12-13-17(6)18(7)20(22)19(21)9-2;1-3-2/h9,14-17H,2,7-8,10-13H2,1,3-6H3;3H,1H2,2H3/b20-19-;. The van der Waals surface area contributed by atoms with E-state index in [-0.39, 0.29) is 11.5 Å². The summed E-state index contributed by atoms with van der Waals surface area (Å²) in [6.07, 6.45) is 8.25. The van der Waals surface area contributed by atoms with Gasteiger partial charge in [0, 0.05) is 0 Å². The van der Waals surface area contributed by atoms with Gasteiger partial charge in [0.2, 0.25) is 0 Å². The van der Waals surface area contributed by atoms with Crippen LogP contribution in [0, 0.1) is 23.7 Å². The van der Waals surface area contributed by atoms with Crippen LogP contribution < -0.4 is 0 Å². The van der Waals surface area contributed by atoms with E-state index in [2.05, 4.69) is 47.4 Å². The SMILES string of the molecule is C=C/C(F)=C(/F)C(=C)C(C)CCC(C)C(C)CCC(C)CC.C=CC. The van der Waals surface area contributed by atoms with Crippen molar-refractivity contribution in [3.05, 3.63) is 49.1 Å². The zero-order chi connectivity index (χ0) is 20.0. The summed E-state index contributed by atoms with van der Waals surface area (Å²) in [5, 5.41) is 0. The number of hydrogen-bond acceptors (Lipinski definition) is 0. The molecule has 0 amide bonds. The fraction of sp³-hybridized carbons (Fsp3) is 0.652. The maximum absolute atomic E-state index is 13.7. The third-order valence-corrected chi connectivity index (χ3v) is 5.10. The molecule has 0 aliphatic heterocycles. The molecule has 0 saturated heterocycles. The molecule has 0 rings (SSSR count). The topological polar surface area (TPSA) is 0 Å². The van der Waals surface area contributed by atoms with Crippen LogP contribution >= 0.6 is 0 Å². The van der Waals surface area contributed by atoms with Crippen molar-refractivity contribution in [2.45, 2.75) is 73.6 Å². The molecule has 0 spiro atoms. The second-order valence-corrected chi connectivity index (χ2v) is 7.32. The van der Waals surface area contributed by atoms with Crippen molar-refractivity contribution >= 4 is 0 Å². The number of rotatable bonds is 11. The van der Waals surface area contributed by atoms with Crippen LogP contribution in [0.1, 0.15) is 73.6 Å². The average molecular weight is 355 g/mol. The van der Waals surface area contributed by atoms with Crippen LogP contribution in [0.15, 0.2) is 49.1 Å². The predicted octanol–water partition coefficient (Wildman–Crippen LogP) is 8.59. The minimum absolute atomic E-state index is 0.0464. The van der Waals surface area contributed by atoms with Crippen molar-refractivity contribution in [1.29, 1.82) is 0 Å². The first-order valence-corrected chi connectivity index (χ1v) is 9.59. The van der Waals surface area contributed by atoms with Crippen molar-refractivity contribution in [2.75, 3.05) is 0 Å². The highest BCUT2D eigenvalue weighted by Crippen LogP contribution is 2.30. The van der Waals surface area contributed by atoms with Crippen LogP contribution in [0.4, 0.5) is 8.78 Å². The molecule has 0 N–H and O–H groups in total. The first-order chi connectivity index (χ1) is 11.7. The molecule has 0 fully saturated rings. The average Bonchev–Trinajstić information content (AvgIpc) is 2.61. The summed E-state index contributed by atoms with van der Waals surface area (Å²) in [5.41, 5.74) is 0.247. The van der Waals surface area contributed by atoms with Crippen molar-refractivity contribution in [3.63, 3.8) is 0 Å². The van der Waals surface area contributed by atoms with Gasteiger partial charge >= 0.3 is 0 Å². The zero-order valence-electron chi connectivity index (χ0n) is 17.4. The Morgan fingerprint density at radius 3 is 1.76 bits per heavy atom. The minimum atomic E-state index is -0.910. The highest BCUT2D eigenvalue weighted by atomic mass is 19.2. The maximum Gasteiger partial charge on any atom is 0.161 e. The Bertz CT molecular complexity index is 420. The lowest BCUT2D eigenvalue weighted by Crippen LogP contribution is -2.12. The molecule has 0 aliphatic rings. The summed E-state index contributed by atoms with van der Waals surface area (Å²) >= 11 is 0. The summed E-state index contributed by atoms with van der Waals surface area (Å²) in [5.74, 6) is 0.242. The van der Waals surface area contributed by atoms with E-state index in [9.17, 15) is 8.78 Å². The van der Waals surface area contributed by atoms with Gasteiger partial charge in [0.25, 0.3) is 0 Å². The quantitative estimate of drug-likeness (QED) is 0.257. The molecule has 0 nitrogen and oxygen atoms in total. The molecule has 4 unspecified atom stereocenters. The van der Waals surface area contributed by atoms with Gasteiger partial charge in [0.1, 0.15) is 0 Å². The number of halogens is 2. The molecular formula is C23H40F2. The van der Waals surface area contributed by atoms with Gasteiger partial charge in [-0.15, -0.1) is 6.58 Å². The van der Waals surface area contributed by atoms with Gasteiger partial charge in [0.15, 0.2) is 11.7 Å². The smallest absolute Gasteiger partial charge is 0.161 e. The minimum Gasteiger partial charge on any atom is -0.204 e. The first kappa shape index (κ1) is 26.1. The zero-order valence-corrected chi connectivity index (χ0v) is 17.4. The summed E-state index contributed by atoms with van der Waals surface area (Å²) in [6, 6.07) is 0. The van der Waals surface area contributed by atoms with Crippen molar-refractivity contribution in [3.8, 4) is 0 Å². The summed E-state index contributed by atoms with van der Waals surface area (Å²) < 4.78 is 26.9. The second-order valence-electron chi connectivity index (χ2n) is 7.32. The lowest BCUT2D eigenvalue weighted by atomic mass is 9.83.